The van der Waals surface area contributed by atoms with Gasteiger partial charge in [-0.2, -0.15) is 0 Å². The van der Waals surface area contributed by atoms with Crippen LogP contribution in [0, 0.1) is 0 Å². The van der Waals surface area contributed by atoms with Gasteiger partial charge in [0, 0.05) is 48.4 Å². The highest BCUT2D eigenvalue weighted by Crippen LogP contribution is 2.24. The Kier molecular flexibility index (Phi) is 3.89. The fraction of sp³-hybridized carbons (Fsp3) is 0.176. The van der Waals surface area contributed by atoms with E-state index < -0.39 is 0 Å². The molecule has 5 heteroatoms. The lowest BCUT2D eigenvalue weighted by atomic mass is 10.1. The molecule has 1 aromatic carbocycles. The van der Waals surface area contributed by atoms with Crippen molar-refractivity contribution in [3.8, 4) is 11.1 Å². The number of aliphatic hydroxyl groups excluding tert-OH is 1. The Morgan fingerprint density at radius 1 is 1.18 bits per heavy atom. The first-order valence-corrected chi connectivity index (χ1v) is 7.05. The third-order valence-corrected chi connectivity index (χ3v) is 3.62. The minimum atomic E-state index is -0.360. The standard InChI is InChI=1S/C17H16N2O3/c1-19(8-9-20)14-3-2-13-10-15(12-4-6-18-7-5-12)17(21)22-16(13)11-14/h2-7,10-11,20H,8-9H2,1H3/p+1. The Bertz CT molecular complexity index is 843. The maximum absolute atomic E-state index is 12.2. The van der Waals surface area contributed by atoms with Crippen molar-refractivity contribution in [3.05, 3.63) is 59.2 Å². The van der Waals surface area contributed by atoms with Gasteiger partial charge in [0.2, 0.25) is 0 Å². The van der Waals surface area contributed by atoms with Crippen molar-refractivity contribution < 1.29 is 14.5 Å². The van der Waals surface area contributed by atoms with E-state index >= 15 is 0 Å². The fourth-order valence-corrected chi connectivity index (χ4v) is 2.38. The summed E-state index contributed by atoms with van der Waals surface area (Å²) in [5.41, 5.74) is 2.43. The molecule has 0 atom stereocenters. The number of likely N-dealkylation sites (N-methyl/N-ethyl adjacent to an activating group) is 1. The summed E-state index contributed by atoms with van der Waals surface area (Å²) in [5, 5.41) is 9.86. The zero-order valence-corrected chi connectivity index (χ0v) is 12.2. The predicted octanol–water partition coefficient (Wildman–Crippen LogP) is 1.70. The number of benzene rings is 1. The zero-order chi connectivity index (χ0) is 15.5. The average molecular weight is 297 g/mol. The Hall–Kier alpha value is -2.66. The summed E-state index contributed by atoms with van der Waals surface area (Å²) in [5.74, 6) is 0. The van der Waals surface area contributed by atoms with Crippen molar-refractivity contribution in [3.63, 3.8) is 0 Å². The second kappa shape index (κ2) is 5.99. The predicted molar refractivity (Wildman–Crippen MR) is 84.8 cm³/mol. The fourth-order valence-electron chi connectivity index (χ4n) is 2.38. The average Bonchev–Trinajstić information content (AvgIpc) is 2.54. The summed E-state index contributed by atoms with van der Waals surface area (Å²) in [6, 6.07) is 11.2. The zero-order valence-electron chi connectivity index (χ0n) is 12.2. The number of hydrogen-bond acceptors (Lipinski definition) is 4. The molecule has 0 bridgehead atoms. The number of pyridine rings is 1. The largest absolute Gasteiger partial charge is 0.422 e. The van der Waals surface area contributed by atoms with E-state index in [0.717, 1.165) is 16.6 Å². The lowest BCUT2D eigenvalue weighted by Gasteiger charge is -2.17. The van der Waals surface area contributed by atoms with Gasteiger partial charge < -0.3 is 14.4 Å². The number of aliphatic hydroxyl groups is 1. The molecule has 22 heavy (non-hydrogen) atoms. The molecule has 3 rings (SSSR count). The van der Waals surface area contributed by atoms with E-state index in [1.807, 2.05) is 48.3 Å². The minimum Gasteiger partial charge on any atom is -0.422 e. The molecular formula is C17H17N2O3+. The van der Waals surface area contributed by atoms with Crippen LogP contribution < -0.4 is 15.5 Å². The quantitative estimate of drug-likeness (QED) is 0.744. The number of nitrogens with zero attached hydrogens (tertiary/aromatic N) is 1. The molecule has 5 nitrogen and oxygen atoms in total. The Morgan fingerprint density at radius 3 is 2.68 bits per heavy atom. The van der Waals surface area contributed by atoms with E-state index in [-0.39, 0.29) is 12.2 Å². The Morgan fingerprint density at radius 2 is 1.95 bits per heavy atom. The van der Waals surface area contributed by atoms with E-state index in [4.69, 9.17) is 9.52 Å². The first kappa shape index (κ1) is 14.3. The molecular weight excluding hydrogens is 280 g/mol. The van der Waals surface area contributed by atoms with Crippen LogP contribution in [0.25, 0.3) is 22.1 Å². The second-order valence-corrected chi connectivity index (χ2v) is 5.10. The molecule has 0 aliphatic rings. The topological polar surface area (TPSA) is 67.8 Å². The van der Waals surface area contributed by atoms with Crippen LogP contribution in [-0.4, -0.2) is 25.3 Å². The van der Waals surface area contributed by atoms with Gasteiger partial charge in [-0.1, -0.05) is 0 Å². The normalized spacial score (nSPS) is 10.8. The van der Waals surface area contributed by atoms with Crippen molar-refractivity contribution >= 4 is 16.7 Å². The van der Waals surface area contributed by atoms with E-state index in [2.05, 4.69) is 4.98 Å². The SMILES string of the molecule is CN(CCO)c1ccc2cc(-c3cc[nH+]cc3)c(=O)oc2c1. The van der Waals surface area contributed by atoms with Crippen LogP contribution in [0.15, 0.2) is 58.0 Å². The van der Waals surface area contributed by atoms with Gasteiger partial charge in [-0.05, 0) is 18.2 Å². The molecule has 3 aromatic rings. The number of fused-ring (bicyclic) bond motifs is 1. The number of aromatic nitrogens is 1. The van der Waals surface area contributed by atoms with Gasteiger partial charge in [0.05, 0.1) is 12.2 Å². The smallest absolute Gasteiger partial charge is 0.344 e. The number of H-pyrrole nitrogens is 1. The first-order chi connectivity index (χ1) is 10.7. The molecule has 2 aromatic heterocycles. The number of rotatable bonds is 4. The molecule has 2 N–H and O–H groups in total. The van der Waals surface area contributed by atoms with E-state index in [9.17, 15) is 4.79 Å². The second-order valence-electron chi connectivity index (χ2n) is 5.10. The summed E-state index contributed by atoms with van der Waals surface area (Å²) in [7, 11) is 1.88. The Balaban J connectivity index is 2.09. The van der Waals surface area contributed by atoms with Crippen LogP contribution in [-0.2, 0) is 0 Å². The van der Waals surface area contributed by atoms with Crippen molar-refractivity contribution in [1.82, 2.24) is 0 Å². The van der Waals surface area contributed by atoms with E-state index in [1.54, 1.807) is 12.4 Å². The van der Waals surface area contributed by atoms with Crippen LogP contribution in [0.5, 0.6) is 0 Å². The summed E-state index contributed by atoms with van der Waals surface area (Å²) in [6.07, 6.45) is 3.54. The molecule has 2 heterocycles. The maximum atomic E-state index is 12.2. The molecule has 0 fully saturated rings. The van der Waals surface area contributed by atoms with Gasteiger partial charge in [0.15, 0.2) is 12.4 Å². The number of aromatic amines is 1. The summed E-state index contributed by atoms with van der Waals surface area (Å²) in [4.78, 5) is 17.0. The first-order valence-electron chi connectivity index (χ1n) is 7.05. The number of anilines is 1. The van der Waals surface area contributed by atoms with Gasteiger partial charge in [0.1, 0.15) is 5.58 Å². The number of nitrogens with one attached hydrogen (secondary N) is 1. The molecule has 0 saturated heterocycles. The van der Waals surface area contributed by atoms with Crippen molar-refractivity contribution in [2.24, 2.45) is 0 Å². The van der Waals surface area contributed by atoms with Gasteiger partial charge in [-0.15, -0.1) is 0 Å². The van der Waals surface area contributed by atoms with Crippen molar-refractivity contribution in [2.75, 3.05) is 25.1 Å². The third kappa shape index (κ3) is 2.71. The summed E-state index contributed by atoms with van der Waals surface area (Å²) < 4.78 is 5.46. The van der Waals surface area contributed by atoms with Gasteiger partial charge in [0.25, 0.3) is 0 Å². The Labute approximate surface area is 127 Å². The highest BCUT2D eigenvalue weighted by molar-refractivity contribution is 5.84. The molecule has 0 amide bonds. The third-order valence-electron chi connectivity index (χ3n) is 3.62. The minimum absolute atomic E-state index is 0.0719. The van der Waals surface area contributed by atoms with Crippen LogP contribution in [0.1, 0.15) is 0 Å². The van der Waals surface area contributed by atoms with E-state index in [1.165, 1.54) is 0 Å². The van der Waals surface area contributed by atoms with Crippen LogP contribution >= 0.6 is 0 Å². The van der Waals surface area contributed by atoms with Crippen LogP contribution in [0.2, 0.25) is 0 Å². The maximum Gasteiger partial charge on any atom is 0.344 e. The lowest BCUT2D eigenvalue weighted by Crippen LogP contribution is -2.20. The summed E-state index contributed by atoms with van der Waals surface area (Å²) >= 11 is 0. The van der Waals surface area contributed by atoms with Gasteiger partial charge in [-0.25, -0.2) is 9.78 Å². The molecule has 0 spiro atoms. The summed E-state index contributed by atoms with van der Waals surface area (Å²) in [6.45, 7) is 0.594. The number of hydrogen-bond donors (Lipinski definition) is 1. The molecule has 112 valence electrons. The highest BCUT2D eigenvalue weighted by Gasteiger charge is 2.10. The van der Waals surface area contributed by atoms with Gasteiger partial charge in [-0.3, -0.25) is 0 Å². The van der Waals surface area contributed by atoms with Gasteiger partial charge >= 0.3 is 5.63 Å². The lowest BCUT2D eigenvalue weighted by molar-refractivity contribution is -0.377. The highest BCUT2D eigenvalue weighted by atomic mass is 16.4. The molecule has 0 aliphatic heterocycles. The van der Waals surface area contributed by atoms with Crippen molar-refractivity contribution in [1.29, 1.82) is 0 Å². The van der Waals surface area contributed by atoms with E-state index in [0.29, 0.717) is 17.7 Å². The monoisotopic (exact) mass is 297 g/mol. The van der Waals surface area contributed by atoms with Crippen molar-refractivity contribution in [2.45, 2.75) is 0 Å². The van der Waals surface area contributed by atoms with Crippen LogP contribution in [0.3, 0.4) is 0 Å². The molecule has 0 unspecified atom stereocenters. The van der Waals surface area contributed by atoms with Crippen LogP contribution in [0.4, 0.5) is 5.69 Å². The molecule has 0 radical (unpaired) electrons. The molecule has 0 saturated carbocycles. The molecule has 0 aliphatic carbocycles.